The first kappa shape index (κ1) is 22.9. The molecule has 5 rings (SSSR count). The molecule has 1 aliphatic heterocycles. The normalized spacial score (nSPS) is 13.5. The molecule has 3 N–H and O–H groups in total. The Bertz CT molecular complexity index is 1300. The highest BCUT2D eigenvalue weighted by Gasteiger charge is 2.15. The van der Waals surface area contributed by atoms with E-state index in [0.717, 1.165) is 65.4 Å². The van der Waals surface area contributed by atoms with Crippen LogP contribution in [-0.2, 0) is 0 Å². The van der Waals surface area contributed by atoms with Gasteiger partial charge in [-0.15, -0.1) is 0 Å². The standard InChI is InChI=1S/C27H32N8/c1-19(31-22-7-9-26(30-17-22)29-10-13-34(2)3)27-24-15-20(6-8-25(24)32-33-27)21-14-23(18-28-16-21)35-11-4-5-12-35/h6-9,14-18,31H,1,4-5,10-13H2,2-3H3,(H,29,30)(H,32,33). The second-order valence-electron chi connectivity index (χ2n) is 9.22. The smallest absolute Gasteiger partial charge is 0.126 e. The van der Waals surface area contributed by atoms with Crippen LogP contribution >= 0.6 is 0 Å². The van der Waals surface area contributed by atoms with Crippen LogP contribution in [0.5, 0.6) is 0 Å². The van der Waals surface area contributed by atoms with Gasteiger partial charge in [0.05, 0.1) is 35.0 Å². The van der Waals surface area contributed by atoms with Crippen LogP contribution in [0.25, 0.3) is 27.7 Å². The van der Waals surface area contributed by atoms with Crippen molar-refractivity contribution >= 4 is 33.8 Å². The van der Waals surface area contributed by atoms with Gasteiger partial charge in [-0.3, -0.25) is 10.1 Å². The highest BCUT2D eigenvalue weighted by molar-refractivity contribution is 5.95. The monoisotopic (exact) mass is 468 g/mol. The molecule has 0 amide bonds. The summed E-state index contributed by atoms with van der Waals surface area (Å²) in [5.41, 5.74) is 6.73. The van der Waals surface area contributed by atoms with Gasteiger partial charge in [0.1, 0.15) is 11.5 Å². The predicted octanol–water partition coefficient (Wildman–Crippen LogP) is 4.68. The summed E-state index contributed by atoms with van der Waals surface area (Å²) in [5, 5.41) is 15.3. The number of hydrogen-bond donors (Lipinski definition) is 3. The number of fused-ring (bicyclic) bond motifs is 1. The summed E-state index contributed by atoms with van der Waals surface area (Å²) in [6.07, 6.45) is 8.18. The van der Waals surface area contributed by atoms with Crippen molar-refractivity contribution in [3.05, 3.63) is 67.3 Å². The molecule has 1 fully saturated rings. The minimum Gasteiger partial charge on any atom is -0.370 e. The molecule has 35 heavy (non-hydrogen) atoms. The summed E-state index contributed by atoms with van der Waals surface area (Å²) in [7, 11) is 4.11. The number of rotatable bonds is 9. The first-order valence-electron chi connectivity index (χ1n) is 12.1. The van der Waals surface area contributed by atoms with Gasteiger partial charge in [-0.25, -0.2) is 4.98 Å². The van der Waals surface area contributed by atoms with E-state index in [0.29, 0.717) is 5.70 Å². The molecule has 0 unspecified atom stereocenters. The zero-order valence-electron chi connectivity index (χ0n) is 20.4. The molecule has 0 atom stereocenters. The lowest BCUT2D eigenvalue weighted by Crippen LogP contribution is -2.21. The SMILES string of the molecule is C=C(Nc1ccc(NCCN(C)C)nc1)c1n[nH]c2ccc(-c3cncc(N4CCCC4)c3)cc12. The number of anilines is 3. The molecule has 4 heterocycles. The molecule has 0 bridgehead atoms. The van der Waals surface area contributed by atoms with E-state index >= 15 is 0 Å². The maximum absolute atomic E-state index is 4.53. The van der Waals surface area contributed by atoms with E-state index < -0.39 is 0 Å². The van der Waals surface area contributed by atoms with E-state index in [1.165, 1.54) is 18.5 Å². The Kier molecular flexibility index (Phi) is 6.63. The quantitative estimate of drug-likeness (QED) is 0.329. The van der Waals surface area contributed by atoms with Crippen LogP contribution in [0, 0.1) is 0 Å². The molecule has 8 nitrogen and oxygen atoms in total. The third-order valence-electron chi connectivity index (χ3n) is 6.30. The molecule has 3 aromatic heterocycles. The van der Waals surface area contributed by atoms with Crippen molar-refractivity contribution in [3.63, 3.8) is 0 Å². The summed E-state index contributed by atoms with van der Waals surface area (Å²) in [4.78, 5) is 13.5. The second-order valence-corrected chi connectivity index (χ2v) is 9.22. The molecular formula is C27H32N8. The number of hydrogen-bond acceptors (Lipinski definition) is 7. The van der Waals surface area contributed by atoms with Crippen molar-refractivity contribution in [2.24, 2.45) is 0 Å². The fourth-order valence-electron chi connectivity index (χ4n) is 4.37. The molecule has 4 aromatic rings. The molecule has 1 aliphatic rings. The zero-order valence-corrected chi connectivity index (χ0v) is 20.4. The fourth-order valence-corrected chi connectivity index (χ4v) is 4.37. The number of pyridine rings is 2. The van der Waals surface area contributed by atoms with Gasteiger partial charge in [0.15, 0.2) is 0 Å². The van der Waals surface area contributed by atoms with Crippen LogP contribution < -0.4 is 15.5 Å². The van der Waals surface area contributed by atoms with Gasteiger partial charge in [0, 0.05) is 43.3 Å². The summed E-state index contributed by atoms with van der Waals surface area (Å²) in [6.45, 7) is 8.24. The Labute approximate surface area is 206 Å². The molecular weight excluding hydrogens is 436 g/mol. The van der Waals surface area contributed by atoms with Gasteiger partial charge in [-0.05, 0) is 62.8 Å². The van der Waals surface area contributed by atoms with E-state index in [4.69, 9.17) is 0 Å². The Morgan fingerprint density at radius 1 is 1.06 bits per heavy atom. The molecule has 0 radical (unpaired) electrons. The highest BCUT2D eigenvalue weighted by atomic mass is 15.1. The topological polar surface area (TPSA) is 85.0 Å². The van der Waals surface area contributed by atoms with Crippen LogP contribution in [0.15, 0.2) is 61.6 Å². The minimum atomic E-state index is 0.715. The summed E-state index contributed by atoms with van der Waals surface area (Å²) in [5.74, 6) is 0.850. The van der Waals surface area contributed by atoms with Crippen molar-refractivity contribution in [1.29, 1.82) is 0 Å². The van der Waals surface area contributed by atoms with Crippen LogP contribution in [-0.4, -0.2) is 65.3 Å². The van der Waals surface area contributed by atoms with Crippen LogP contribution in [0.3, 0.4) is 0 Å². The van der Waals surface area contributed by atoms with Crippen molar-refractivity contribution in [2.75, 3.05) is 55.8 Å². The Balaban J connectivity index is 1.32. The largest absolute Gasteiger partial charge is 0.370 e. The number of likely N-dealkylation sites (N-methyl/N-ethyl adjacent to an activating group) is 1. The Morgan fingerprint density at radius 2 is 1.91 bits per heavy atom. The number of H-pyrrole nitrogens is 1. The highest BCUT2D eigenvalue weighted by Crippen LogP contribution is 2.30. The van der Waals surface area contributed by atoms with Crippen molar-refractivity contribution in [1.82, 2.24) is 25.1 Å². The Morgan fingerprint density at radius 3 is 2.69 bits per heavy atom. The van der Waals surface area contributed by atoms with Gasteiger partial charge < -0.3 is 20.4 Å². The molecule has 8 heteroatoms. The number of nitrogens with zero attached hydrogens (tertiary/aromatic N) is 5. The van der Waals surface area contributed by atoms with Gasteiger partial charge in [0.25, 0.3) is 0 Å². The second kappa shape index (κ2) is 10.1. The van der Waals surface area contributed by atoms with Crippen LogP contribution in [0.4, 0.5) is 17.2 Å². The predicted molar refractivity (Wildman–Crippen MR) is 145 cm³/mol. The minimum absolute atomic E-state index is 0.715. The summed E-state index contributed by atoms with van der Waals surface area (Å²) >= 11 is 0. The average molecular weight is 469 g/mol. The van der Waals surface area contributed by atoms with Crippen LogP contribution in [0.2, 0.25) is 0 Å². The fraction of sp³-hybridized carbons (Fsp3) is 0.296. The molecule has 0 saturated carbocycles. The maximum Gasteiger partial charge on any atom is 0.126 e. The first-order chi connectivity index (χ1) is 17.1. The number of benzene rings is 1. The zero-order chi connectivity index (χ0) is 24.2. The van der Waals surface area contributed by atoms with Gasteiger partial charge in [-0.1, -0.05) is 12.6 Å². The lowest BCUT2D eigenvalue weighted by molar-refractivity contribution is 0.425. The van der Waals surface area contributed by atoms with E-state index in [1.54, 1.807) is 6.20 Å². The van der Waals surface area contributed by atoms with Crippen molar-refractivity contribution < 1.29 is 0 Å². The third-order valence-corrected chi connectivity index (χ3v) is 6.30. The first-order valence-corrected chi connectivity index (χ1v) is 12.1. The van der Waals surface area contributed by atoms with Gasteiger partial charge in [-0.2, -0.15) is 5.10 Å². The molecule has 180 valence electrons. The number of nitrogens with one attached hydrogen (secondary N) is 3. The van der Waals surface area contributed by atoms with Gasteiger partial charge in [0.2, 0.25) is 0 Å². The maximum atomic E-state index is 4.53. The van der Waals surface area contributed by atoms with Crippen molar-refractivity contribution in [3.8, 4) is 11.1 Å². The van der Waals surface area contributed by atoms with E-state index in [1.807, 2.05) is 24.5 Å². The molecule has 0 aliphatic carbocycles. The third kappa shape index (κ3) is 5.27. The number of aromatic amines is 1. The molecule has 1 saturated heterocycles. The average Bonchev–Trinajstić information content (AvgIpc) is 3.55. The van der Waals surface area contributed by atoms with Crippen molar-refractivity contribution in [2.45, 2.75) is 12.8 Å². The molecule has 0 spiro atoms. The lowest BCUT2D eigenvalue weighted by Gasteiger charge is -2.17. The molecule has 1 aromatic carbocycles. The summed E-state index contributed by atoms with van der Waals surface area (Å²) in [6, 6.07) is 12.5. The van der Waals surface area contributed by atoms with E-state index in [-0.39, 0.29) is 0 Å². The van der Waals surface area contributed by atoms with Crippen LogP contribution in [0.1, 0.15) is 18.5 Å². The van der Waals surface area contributed by atoms with E-state index in [9.17, 15) is 0 Å². The lowest BCUT2D eigenvalue weighted by atomic mass is 10.0. The Hall–Kier alpha value is -3.91. The summed E-state index contributed by atoms with van der Waals surface area (Å²) < 4.78 is 0. The van der Waals surface area contributed by atoms with Gasteiger partial charge >= 0.3 is 0 Å². The number of aromatic nitrogens is 4. The van der Waals surface area contributed by atoms with E-state index in [2.05, 4.69) is 85.5 Å².